The molecule has 2 rings (SSSR count). The highest BCUT2D eigenvalue weighted by Crippen LogP contribution is 2.32. The number of nitrogens with zero attached hydrogens (tertiary/aromatic N) is 1. The highest BCUT2D eigenvalue weighted by molar-refractivity contribution is 9.10. The van der Waals surface area contributed by atoms with Gasteiger partial charge in [-0.15, -0.1) is 0 Å². The van der Waals surface area contributed by atoms with Crippen LogP contribution in [0.4, 0.5) is 0 Å². The Morgan fingerprint density at radius 2 is 2.00 bits per heavy atom. The molecule has 23 heavy (non-hydrogen) atoms. The van der Waals surface area contributed by atoms with Crippen LogP contribution in [0.1, 0.15) is 19.8 Å². The van der Waals surface area contributed by atoms with E-state index >= 15 is 0 Å². The number of carbonyl (C=O) groups is 1. The van der Waals surface area contributed by atoms with Gasteiger partial charge in [0.2, 0.25) is 10.0 Å². The van der Waals surface area contributed by atoms with E-state index in [-0.39, 0.29) is 16.8 Å². The van der Waals surface area contributed by atoms with Gasteiger partial charge in [-0.2, -0.15) is 4.31 Å². The number of benzene rings is 1. The number of rotatable bonds is 5. The van der Waals surface area contributed by atoms with Crippen LogP contribution in [0.25, 0.3) is 0 Å². The molecule has 6 nitrogen and oxygen atoms in total. The second-order valence-corrected chi connectivity index (χ2v) is 8.05. The molecule has 0 bridgehead atoms. The monoisotopic (exact) mass is 405 g/mol. The number of carbonyl (C=O) groups excluding carboxylic acids is 1. The number of hydrogen-bond acceptors (Lipinski definition) is 5. The first-order valence-electron chi connectivity index (χ1n) is 7.40. The van der Waals surface area contributed by atoms with Gasteiger partial charge in [-0.05, 0) is 38.0 Å². The molecule has 0 spiro atoms. The number of esters is 1. The van der Waals surface area contributed by atoms with Crippen LogP contribution in [0.5, 0.6) is 5.75 Å². The summed E-state index contributed by atoms with van der Waals surface area (Å²) in [6, 6.07) is 4.87. The zero-order valence-corrected chi connectivity index (χ0v) is 15.5. The molecule has 0 N–H and O–H groups in total. The van der Waals surface area contributed by atoms with Crippen molar-refractivity contribution in [3.05, 3.63) is 22.7 Å². The van der Waals surface area contributed by atoms with Gasteiger partial charge in [0.25, 0.3) is 0 Å². The van der Waals surface area contributed by atoms with Crippen LogP contribution < -0.4 is 4.74 Å². The van der Waals surface area contributed by atoms with Crippen molar-refractivity contribution in [1.29, 1.82) is 0 Å². The van der Waals surface area contributed by atoms with Crippen molar-refractivity contribution in [2.24, 2.45) is 5.92 Å². The van der Waals surface area contributed by atoms with Crippen molar-refractivity contribution in [2.45, 2.75) is 24.7 Å². The van der Waals surface area contributed by atoms with Crippen LogP contribution >= 0.6 is 15.9 Å². The van der Waals surface area contributed by atoms with Gasteiger partial charge >= 0.3 is 5.97 Å². The van der Waals surface area contributed by atoms with E-state index < -0.39 is 10.0 Å². The van der Waals surface area contributed by atoms with Gasteiger partial charge < -0.3 is 9.47 Å². The molecule has 1 aliphatic rings. The molecule has 1 saturated heterocycles. The first kappa shape index (κ1) is 18.2. The Hall–Kier alpha value is -1.12. The first-order valence-corrected chi connectivity index (χ1v) is 9.63. The maximum absolute atomic E-state index is 12.8. The lowest BCUT2D eigenvalue weighted by Crippen LogP contribution is -2.40. The van der Waals surface area contributed by atoms with E-state index in [2.05, 4.69) is 15.9 Å². The largest absolute Gasteiger partial charge is 0.495 e. The van der Waals surface area contributed by atoms with Gasteiger partial charge in [0.1, 0.15) is 10.6 Å². The molecule has 0 saturated carbocycles. The van der Waals surface area contributed by atoms with E-state index in [9.17, 15) is 13.2 Å². The topological polar surface area (TPSA) is 72.9 Å². The Labute approximate surface area is 144 Å². The van der Waals surface area contributed by atoms with Crippen LogP contribution in [-0.4, -0.2) is 45.5 Å². The molecule has 0 amide bonds. The minimum atomic E-state index is -3.66. The molecule has 1 aromatic carbocycles. The molecule has 0 aromatic heterocycles. The quantitative estimate of drug-likeness (QED) is 0.703. The summed E-state index contributed by atoms with van der Waals surface area (Å²) < 4.78 is 37.9. The van der Waals surface area contributed by atoms with Crippen molar-refractivity contribution in [2.75, 3.05) is 26.8 Å². The maximum Gasteiger partial charge on any atom is 0.309 e. The molecule has 1 aromatic rings. The Balaban J connectivity index is 2.16. The van der Waals surface area contributed by atoms with E-state index in [0.29, 0.717) is 42.8 Å². The summed E-state index contributed by atoms with van der Waals surface area (Å²) in [4.78, 5) is 11.9. The molecule has 0 unspecified atom stereocenters. The number of sulfonamides is 1. The summed E-state index contributed by atoms with van der Waals surface area (Å²) in [5.41, 5.74) is 0. The van der Waals surface area contributed by atoms with E-state index in [4.69, 9.17) is 9.47 Å². The highest BCUT2D eigenvalue weighted by Gasteiger charge is 2.34. The minimum Gasteiger partial charge on any atom is -0.495 e. The van der Waals surface area contributed by atoms with Gasteiger partial charge in [-0.3, -0.25) is 4.79 Å². The molecule has 1 fully saturated rings. The van der Waals surface area contributed by atoms with E-state index in [1.54, 1.807) is 19.1 Å². The molecule has 0 radical (unpaired) electrons. The summed E-state index contributed by atoms with van der Waals surface area (Å²) in [5.74, 6) is -0.170. The maximum atomic E-state index is 12.8. The lowest BCUT2D eigenvalue weighted by molar-refractivity contribution is -0.149. The molecule has 8 heteroatoms. The van der Waals surface area contributed by atoms with Gasteiger partial charge in [-0.1, -0.05) is 15.9 Å². The van der Waals surface area contributed by atoms with Crippen LogP contribution in [0.15, 0.2) is 27.6 Å². The summed E-state index contributed by atoms with van der Waals surface area (Å²) in [6.07, 6.45) is 0.933. The summed E-state index contributed by atoms with van der Waals surface area (Å²) in [5, 5.41) is 0. The summed E-state index contributed by atoms with van der Waals surface area (Å²) in [6.45, 7) is 2.69. The smallest absolute Gasteiger partial charge is 0.309 e. The predicted molar refractivity (Wildman–Crippen MR) is 88.8 cm³/mol. The lowest BCUT2D eigenvalue weighted by Gasteiger charge is -2.30. The first-order chi connectivity index (χ1) is 10.9. The highest BCUT2D eigenvalue weighted by atomic mass is 79.9. The van der Waals surface area contributed by atoms with Gasteiger partial charge in [-0.25, -0.2) is 8.42 Å². The van der Waals surface area contributed by atoms with Crippen molar-refractivity contribution in [1.82, 2.24) is 4.31 Å². The van der Waals surface area contributed by atoms with Crippen molar-refractivity contribution >= 4 is 31.9 Å². The number of ether oxygens (including phenoxy) is 2. The Kier molecular flexibility index (Phi) is 6.05. The summed E-state index contributed by atoms with van der Waals surface area (Å²) in [7, 11) is -2.22. The number of halogens is 1. The number of piperidine rings is 1. The van der Waals surface area contributed by atoms with E-state index in [0.717, 1.165) is 0 Å². The second-order valence-electron chi connectivity index (χ2n) is 5.23. The van der Waals surface area contributed by atoms with Crippen LogP contribution in [0.2, 0.25) is 0 Å². The Bertz CT molecular complexity index is 668. The molecule has 0 atom stereocenters. The third-order valence-electron chi connectivity index (χ3n) is 3.82. The SMILES string of the molecule is CCOC(=O)C1CCN(S(=O)(=O)c2cc(Br)ccc2OC)CC1. The third-order valence-corrected chi connectivity index (χ3v) is 6.23. The number of methoxy groups -OCH3 is 1. The van der Waals surface area contributed by atoms with E-state index in [1.165, 1.54) is 17.5 Å². The number of hydrogen-bond donors (Lipinski definition) is 0. The molecule has 128 valence electrons. The van der Waals surface area contributed by atoms with E-state index in [1.807, 2.05) is 0 Å². The third kappa shape index (κ3) is 4.05. The normalized spacial score (nSPS) is 17.0. The minimum absolute atomic E-state index is 0.129. The van der Waals surface area contributed by atoms with Crippen LogP contribution in [0.3, 0.4) is 0 Å². The van der Waals surface area contributed by atoms with Gasteiger partial charge in [0.05, 0.1) is 19.6 Å². The molecular formula is C15H20BrNO5S. The van der Waals surface area contributed by atoms with Crippen molar-refractivity contribution < 1.29 is 22.7 Å². The fourth-order valence-corrected chi connectivity index (χ4v) is 4.75. The van der Waals surface area contributed by atoms with Crippen molar-refractivity contribution in [3.8, 4) is 5.75 Å². The zero-order chi connectivity index (χ0) is 17.0. The van der Waals surface area contributed by atoms with Crippen LogP contribution in [0, 0.1) is 5.92 Å². The van der Waals surface area contributed by atoms with Gasteiger partial charge in [0, 0.05) is 17.6 Å². The fraction of sp³-hybridized carbons (Fsp3) is 0.533. The fourth-order valence-electron chi connectivity index (χ4n) is 2.58. The average molecular weight is 406 g/mol. The van der Waals surface area contributed by atoms with Crippen LogP contribution in [-0.2, 0) is 19.6 Å². The molecule has 0 aliphatic carbocycles. The lowest BCUT2D eigenvalue weighted by atomic mass is 9.98. The average Bonchev–Trinajstić information content (AvgIpc) is 2.55. The predicted octanol–water partition coefficient (Wildman–Crippen LogP) is 2.42. The molecule has 1 heterocycles. The Morgan fingerprint density at radius 1 is 1.35 bits per heavy atom. The Morgan fingerprint density at radius 3 is 2.57 bits per heavy atom. The van der Waals surface area contributed by atoms with Crippen molar-refractivity contribution in [3.63, 3.8) is 0 Å². The summed E-state index contributed by atoms with van der Waals surface area (Å²) >= 11 is 3.29. The molecule has 1 aliphatic heterocycles. The second kappa shape index (κ2) is 7.63. The standard InChI is InChI=1S/C15H20BrNO5S/c1-3-22-15(18)11-6-8-17(9-7-11)23(19,20)14-10-12(16)4-5-13(14)21-2/h4-5,10-11H,3,6-9H2,1-2H3. The zero-order valence-electron chi connectivity index (χ0n) is 13.1. The molecular weight excluding hydrogens is 386 g/mol. The van der Waals surface area contributed by atoms with Gasteiger partial charge in [0.15, 0.2) is 0 Å².